The molecule has 94 valence electrons. The van der Waals surface area contributed by atoms with Gasteiger partial charge in [0.25, 0.3) is 0 Å². The minimum absolute atomic E-state index is 0.328. The Bertz CT molecular complexity index is 395. The Balaban J connectivity index is 3.15. The Morgan fingerprint density at radius 1 is 1.41 bits per heavy atom. The van der Waals surface area contributed by atoms with Crippen LogP contribution in [0.2, 0.25) is 0 Å². The van der Waals surface area contributed by atoms with Crippen molar-refractivity contribution in [3.05, 3.63) is 23.8 Å². The lowest BCUT2D eigenvalue weighted by atomic mass is 9.95. The minimum Gasteiger partial charge on any atom is -0.464 e. The number of nitrogens with zero attached hydrogens (tertiary/aromatic N) is 2. The summed E-state index contributed by atoms with van der Waals surface area (Å²) in [4.78, 5) is 20.5. The van der Waals surface area contributed by atoms with Crippen LogP contribution in [0.15, 0.2) is 12.4 Å². The second-order valence-corrected chi connectivity index (χ2v) is 3.87. The summed E-state index contributed by atoms with van der Waals surface area (Å²) < 4.78 is 5.10. The number of aromatic nitrogens is 2. The quantitative estimate of drug-likeness (QED) is 0.779. The van der Waals surface area contributed by atoms with Crippen molar-refractivity contribution in [2.24, 2.45) is 0 Å². The fourth-order valence-electron chi connectivity index (χ4n) is 1.78. The van der Waals surface area contributed by atoms with Crippen LogP contribution in [0.3, 0.4) is 0 Å². The zero-order chi connectivity index (χ0) is 12.9. The normalized spacial score (nSPS) is 14.1. The van der Waals surface area contributed by atoms with Crippen LogP contribution in [0.4, 0.5) is 0 Å². The zero-order valence-electron chi connectivity index (χ0n) is 10.8. The first-order valence-corrected chi connectivity index (χ1v) is 5.76. The monoisotopic (exact) mass is 237 g/mol. The van der Waals surface area contributed by atoms with E-state index in [1.165, 1.54) is 0 Å². The van der Waals surface area contributed by atoms with E-state index in [1.807, 2.05) is 13.8 Å². The van der Waals surface area contributed by atoms with E-state index in [1.54, 1.807) is 26.2 Å². The lowest BCUT2D eigenvalue weighted by Gasteiger charge is -2.28. The molecule has 1 aromatic rings. The van der Waals surface area contributed by atoms with Crippen molar-refractivity contribution in [3.8, 4) is 0 Å². The van der Waals surface area contributed by atoms with E-state index >= 15 is 0 Å². The van der Waals surface area contributed by atoms with E-state index in [9.17, 15) is 4.79 Å². The second-order valence-electron chi connectivity index (χ2n) is 3.87. The summed E-state index contributed by atoms with van der Waals surface area (Å²) in [5, 5.41) is 3.12. The highest BCUT2D eigenvalue weighted by molar-refractivity contribution is 5.81. The van der Waals surface area contributed by atoms with Gasteiger partial charge in [-0.1, -0.05) is 6.92 Å². The van der Waals surface area contributed by atoms with E-state index in [-0.39, 0.29) is 5.97 Å². The van der Waals surface area contributed by atoms with E-state index in [4.69, 9.17) is 4.74 Å². The van der Waals surface area contributed by atoms with Gasteiger partial charge in [-0.2, -0.15) is 0 Å². The van der Waals surface area contributed by atoms with Crippen LogP contribution in [-0.2, 0) is 15.1 Å². The molecule has 0 amide bonds. The van der Waals surface area contributed by atoms with Gasteiger partial charge in [-0.3, -0.25) is 15.3 Å². The molecule has 1 rings (SSSR count). The van der Waals surface area contributed by atoms with Gasteiger partial charge in [0.15, 0.2) is 5.54 Å². The number of carbonyl (C=O) groups is 1. The second kappa shape index (κ2) is 5.72. The van der Waals surface area contributed by atoms with E-state index in [0.717, 1.165) is 5.69 Å². The van der Waals surface area contributed by atoms with Crippen molar-refractivity contribution >= 4 is 5.97 Å². The van der Waals surface area contributed by atoms with Crippen LogP contribution in [0.1, 0.15) is 32.2 Å². The standard InChI is InChI=1S/C12H19N3O2/c1-5-15-12(4,11(16)17-6-2)10-9(3)13-7-8-14-10/h7-8,15H,5-6H2,1-4H3. The van der Waals surface area contributed by atoms with Gasteiger partial charge < -0.3 is 4.74 Å². The number of carbonyl (C=O) groups excluding carboxylic acids is 1. The van der Waals surface area contributed by atoms with Gasteiger partial charge in [-0.15, -0.1) is 0 Å². The van der Waals surface area contributed by atoms with Gasteiger partial charge >= 0.3 is 5.97 Å². The van der Waals surface area contributed by atoms with E-state index in [0.29, 0.717) is 18.8 Å². The molecule has 0 spiro atoms. The largest absolute Gasteiger partial charge is 0.464 e. The van der Waals surface area contributed by atoms with Crippen LogP contribution < -0.4 is 5.32 Å². The average molecular weight is 237 g/mol. The Kier molecular flexibility index (Phi) is 4.57. The van der Waals surface area contributed by atoms with Gasteiger partial charge in [-0.25, -0.2) is 4.79 Å². The average Bonchev–Trinajstić information content (AvgIpc) is 2.30. The summed E-state index contributed by atoms with van der Waals surface area (Å²) in [5.74, 6) is -0.328. The molecule has 17 heavy (non-hydrogen) atoms. The summed E-state index contributed by atoms with van der Waals surface area (Å²) >= 11 is 0. The molecule has 0 bridgehead atoms. The number of likely N-dealkylation sites (N-methyl/N-ethyl adjacent to an activating group) is 1. The molecule has 5 heteroatoms. The summed E-state index contributed by atoms with van der Waals surface area (Å²) in [7, 11) is 0. The van der Waals surface area contributed by atoms with Gasteiger partial charge in [0.1, 0.15) is 0 Å². The number of aryl methyl sites for hydroxylation is 1. The molecular weight excluding hydrogens is 218 g/mol. The topological polar surface area (TPSA) is 64.1 Å². The maximum absolute atomic E-state index is 12.1. The molecule has 1 atom stereocenters. The Morgan fingerprint density at radius 3 is 2.59 bits per heavy atom. The van der Waals surface area contributed by atoms with Crippen LogP contribution >= 0.6 is 0 Å². The molecule has 0 radical (unpaired) electrons. The molecule has 0 saturated heterocycles. The van der Waals surface area contributed by atoms with Crippen molar-refractivity contribution in [1.82, 2.24) is 15.3 Å². The Hall–Kier alpha value is -1.49. The van der Waals surface area contributed by atoms with E-state index < -0.39 is 5.54 Å². The summed E-state index contributed by atoms with van der Waals surface area (Å²) in [5.41, 5.74) is 0.396. The first-order chi connectivity index (χ1) is 8.06. The first-order valence-electron chi connectivity index (χ1n) is 5.76. The number of nitrogens with one attached hydrogen (secondary N) is 1. The lowest BCUT2D eigenvalue weighted by molar-refractivity contribution is -0.151. The maximum Gasteiger partial charge on any atom is 0.332 e. The molecule has 5 nitrogen and oxygen atoms in total. The van der Waals surface area contributed by atoms with E-state index in [2.05, 4.69) is 15.3 Å². The molecule has 1 heterocycles. The third-order valence-electron chi connectivity index (χ3n) is 2.57. The predicted molar refractivity (Wildman–Crippen MR) is 64.4 cm³/mol. The molecule has 0 fully saturated rings. The molecular formula is C12H19N3O2. The summed E-state index contributed by atoms with van der Waals surface area (Å²) in [6, 6.07) is 0. The highest BCUT2D eigenvalue weighted by Crippen LogP contribution is 2.22. The third-order valence-corrected chi connectivity index (χ3v) is 2.57. The molecule has 0 aliphatic carbocycles. The van der Waals surface area contributed by atoms with Crippen molar-refractivity contribution < 1.29 is 9.53 Å². The number of rotatable bonds is 5. The van der Waals surface area contributed by atoms with Crippen molar-refractivity contribution in [1.29, 1.82) is 0 Å². The molecule has 1 unspecified atom stereocenters. The van der Waals surface area contributed by atoms with Crippen molar-refractivity contribution in [2.75, 3.05) is 13.2 Å². The maximum atomic E-state index is 12.1. The minimum atomic E-state index is -0.941. The van der Waals surface area contributed by atoms with Crippen LogP contribution in [0, 0.1) is 6.92 Å². The zero-order valence-corrected chi connectivity index (χ0v) is 10.8. The fraction of sp³-hybridized carbons (Fsp3) is 0.583. The SMILES string of the molecule is CCNC(C)(C(=O)OCC)c1nccnc1C. The summed E-state index contributed by atoms with van der Waals surface area (Å²) in [6.45, 7) is 8.31. The van der Waals surface area contributed by atoms with Crippen molar-refractivity contribution in [3.63, 3.8) is 0 Å². The number of esters is 1. The fourth-order valence-corrected chi connectivity index (χ4v) is 1.78. The number of ether oxygens (including phenoxy) is 1. The number of hydrogen-bond acceptors (Lipinski definition) is 5. The summed E-state index contributed by atoms with van der Waals surface area (Å²) in [6.07, 6.45) is 3.19. The van der Waals surface area contributed by atoms with Crippen LogP contribution in [0.25, 0.3) is 0 Å². The van der Waals surface area contributed by atoms with Gasteiger partial charge in [0, 0.05) is 12.4 Å². The molecule has 0 aliphatic rings. The lowest BCUT2D eigenvalue weighted by Crippen LogP contribution is -2.48. The van der Waals surface area contributed by atoms with Crippen LogP contribution in [0.5, 0.6) is 0 Å². The van der Waals surface area contributed by atoms with Crippen molar-refractivity contribution in [2.45, 2.75) is 33.2 Å². The van der Waals surface area contributed by atoms with Gasteiger partial charge in [0.05, 0.1) is 18.0 Å². The Morgan fingerprint density at radius 2 is 2.06 bits per heavy atom. The highest BCUT2D eigenvalue weighted by Gasteiger charge is 2.38. The Labute approximate surface area is 102 Å². The van der Waals surface area contributed by atoms with Gasteiger partial charge in [0.2, 0.25) is 0 Å². The molecule has 1 N–H and O–H groups in total. The third kappa shape index (κ3) is 2.79. The van der Waals surface area contributed by atoms with Crippen LogP contribution in [-0.4, -0.2) is 29.1 Å². The predicted octanol–water partition coefficient (Wildman–Crippen LogP) is 1.17. The smallest absolute Gasteiger partial charge is 0.332 e. The molecule has 0 aliphatic heterocycles. The molecule has 1 aromatic heterocycles. The number of hydrogen-bond donors (Lipinski definition) is 1. The highest BCUT2D eigenvalue weighted by atomic mass is 16.5. The molecule has 0 aromatic carbocycles. The first kappa shape index (κ1) is 13.6. The van der Waals surface area contributed by atoms with Gasteiger partial charge in [-0.05, 0) is 27.3 Å². The molecule has 0 saturated carbocycles.